The van der Waals surface area contributed by atoms with Gasteiger partial charge in [-0.1, -0.05) is 60.7 Å². The van der Waals surface area contributed by atoms with Crippen LogP contribution in [0, 0.1) is 0 Å². The molecule has 2 aromatic carbocycles. The molecule has 1 aliphatic heterocycles. The molecule has 0 spiro atoms. The van der Waals surface area contributed by atoms with Crippen molar-refractivity contribution < 1.29 is 36.6 Å². The molecule has 3 atom stereocenters. The van der Waals surface area contributed by atoms with Gasteiger partial charge in [-0.3, -0.25) is 20.2 Å². The summed E-state index contributed by atoms with van der Waals surface area (Å²) in [7, 11) is 0. The van der Waals surface area contributed by atoms with Gasteiger partial charge in [0.05, 0.1) is 25.2 Å². The van der Waals surface area contributed by atoms with E-state index < -0.39 is 41.9 Å². The predicted octanol–water partition coefficient (Wildman–Crippen LogP) is -1.60. The summed E-state index contributed by atoms with van der Waals surface area (Å²) in [6, 6.07) is 17.0. The quantitative estimate of drug-likeness (QED) is 0.285. The van der Waals surface area contributed by atoms with Gasteiger partial charge < -0.3 is 22.3 Å². The number of benzene rings is 2. The Hall–Kier alpha value is -2.74. The van der Waals surface area contributed by atoms with Crippen LogP contribution in [0.25, 0.3) is 0 Å². The number of amides is 2. The van der Waals surface area contributed by atoms with Gasteiger partial charge in [0.2, 0.25) is 11.4 Å². The standard InChI is InChI=1S/C21H22N2O5.ClH/c1-2-28-20(27)21(13-16(24)22-19(21)26)23-17(14-9-5-3-6-10-14)18(25)15-11-7-4-8-12-15;/h3-12,17-18,23,25H,2,13H2,1H3,(H,22,24,26);1H/p-1/t17-,18+,21+;/m1./s1. The Balaban J connectivity index is 0.00000300. The maximum atomic E-state index is 12.7. The summed E-state index contributed by atoms with van der Waals surface area (Å²) in [5.41, 5.74) is -0.633. The van der Waals surface area contributed by atoms with E-state index in [1.165, 1.54) is 0 Å². The fourth-order valence-electron chi connectivity index (χ4n) is 3.31. The van der Waals surface area contributed by atoms with Crippen molar-refractivity contribution in [1.29, 1.82) is 0 Å². The SMILES string of the molecule is CCOC(=O)[C@]1(N[C@H](c2ccccc2)[C@@H](O)c2ccccc2)CC(=O)NC1=O.[Cl-]. The second kappa shape index (κ2) is 9.65. The molecule has 0 radical (unpaired) electrons. The summed E-state index contributed by atoms with van der Waals surface area (Å²) in [5, 5.41) is 16.2. The molecule has 1 aliphatic rings. The zero-order chi connectivity index (χ0) is 20.1. The van der Waals surface area contributed by atoms with Gasteiger partial charge in [0, 0.05) is 0 Å². The first kappa shape index (κ1) is 22.5. The zero-order valence-electron chi connectivity index (χ0n) is 15.8. The number of carbonyl (C=O) groups is 3. The first-order valence-corrected chi connectivity index (χ1v) is 9.05. The Labute approximate surface area is 174 Å². The average molecular weight is 418 g/mol. The van der Waals surface area contributed by atoms with Crippen LogP contribution in [0.15, 0.2) is 60.7 Å². The Morgan fingerprint density at radius 2 is 1.66 bits per heavy atom. The molecule has 8 heteroatoms. The molecule has 0 aromatic heterocycles. The minimum Gasteiger partial charge on any atom is -1.00 e. The van der Waals surface area contributed by atoms with Crippen LogP contribution < -0.4 is 23.0 Å². The largest absolute Gasteiger partial charge is 1.00 e. The summed E-state index contributed by atoms with van der Waals surface area (Å²) < 4.78 is 5.07. The number of nitrogens with one attached hydrogen (secondary N) is 2. The summed E-state index contributed by atoms with van der Waals surface area (Å²) >= 11 is 0. The molecule has 3 N–H and O–H groups in total. The molecule has 1 saturated heterocycles. The molecule has 0 unspecified atom stereocenters. The Bertz CT molecular complexity index is 862. The van der Waals surface area contributed by atoms with E-state index in [-0.39, 0.29) is 19.0 Å². The maximum absolute atomic E-state index is 12.7. The molecule has 154 valence electrons. The van der Waals surface area contributed by atoms with Crippen LogP contribution >= 0.6 is 0 Å². The molecule has 2 aromatic rings. The van der Waals surface area contributed by atoms with Crippen molar-refractivity contribution in [2.24, 2.45) is 0 Å². The molecule has 0 aliphatic carbocycles. The van der Waals surface area contributed by atoms with Crippen molar-refractivity contribution in [3.05, 3.63) is 71.8 Å². The summed E-state index contributed by atoms with van der Waals surface area (Å²) in [5.74, 6) is -2.21. The van der Waals surface area contributed by atoms with Crippen molar-refractivity contribution in [1.82, 2.24) is 10.6 Å². The van der Waals surface area contributed by atoms with Crippen molar-refractivity contribution in [3.63, 3.8) is 0 Å². The van der Waals surface area contributed by atoms with Crippen molar-refractivity contribution in [2.75, 3.05) is 6.61 Å². The monoisotopic (exact) mass is 417 g/mol. The molecule has 7 nitrogen and oxygen atoms in total. The number of carbonyl (C=O) groups excluding carboxylic acids is 3. The predicted molar refractivity (Wildman–Crippen MR) is 101 cm³/mol. The van der Waals surface area contributed by atoms with E-state index in [1.54, 1.807) is 55.5 Å². The fourth-order valence-corrected chi connectivity index (χ4v) is 3.31. The summed E-state index contributed by atoms with van der Waals surface area (Å²) in [4.78, 5) is 37.1. The van der Waals surface area contributed by atoms with Crippen LogP contribution in [0.5, 0.6) is 0 Å². The number of aliphatic hydroxyl groups excluding tert-OH is 1. The lowest BCUT2D eigenvalue weighted by atomic mass is 9.90. The summed E-state index contributed by atoms with van der Waals surface area (Å²) in [6.07, 6.45) is -1.46. The minimum absolute atomic E-state index is 0. The lowest BCUT2D eigenvalue weighted by Crippen LogP contribution is -3.00. The maximum Gasteiger partial charge on any atom is 0.336 e. The van der Waals surface area contributed by atoms with Crippen LogP contribution in [-0.4, -0.2) is 35.0 Å². The number of rotatable bonds is 7. The number of aliphatic hydroxyl groups is 1. The Kier molecular flexibility index (Phi) is 7.50. The van der Waals surface area contributed by atoms with E-state index in [9.17, 15) is 19.5 Å². The molecular formula is C21H22ClN2O5-. The Morgan fingerprint density at radius 1 is 1.10 bits per heavy atom. The number of halogens is 1. The van der Waals surface area contributed by atoms with E-state index in [2.05, 4.69) is 10.6 Å². The van der Waals surface area contributed by atoms with Gasteiger partial charge in [0.25, 0.3) is 5.91 Å². The first-order chi connectivity index (χ1) is 13.5. The number of hydrogen-bond acceptors (Lipinski definition) is 6. The van der Waals surface area contributed by atoms with E-state index in [0.29, 0.717) is 11.1 Å². The molecule has 0 bridgehead atoms. The zero-order valence-corrected chi connectivity index (χ0v) is 16.6. The lowest BCUT2D eigenvalue weighted by molar-refractivity contribution is -0.155. The second-order valence-electron chi connectivity index (χ2n) is 6.57. The molecule has 1 fully saturated rings. The highest BCUT2D eigenvalue weighted by Gasteiger charge is 2.55. The van der Waals surface area contributed by atoms with Gasteiger partial charge in [-0.25, -0.2) is 4.79 Å². The van der Waals surface area contributed by atoms with Gasteiger partial charge in [-0.05, 0) is 18.1 Å². The number of hydrogen-bond donors (Lipinski definition) is 3. The van der Waals surface area contributed by atoms with E-state index in [0.717, 1.165) is 0 Å². The smallest absolute Gasteiger partial charge is 0.336 e. The van der Waals surface area contributed by atoms with E-state index >= 15 is 0 Å². The molecule has 1 heterocycles. The summed E-state index contributed by atoms with van der Waals surface area (Å²) in [6.45, 7) is 1.68. The highest BCUT2D eigenvalue weighted by atomic mass is 35.5. The highest BCUT2D eigenvalue weighted by Crippen LogP contribution is 2.33. The molecule has 3 rings (SSSR count). The number of imide groups is 1. The van der Waals surface area contributed by atoms with Gasteiger partial charge in [0.1, 0.15) is 0 Å². The fraction of sp³-hybridized carbons (Fsp3) is 0.286. The molecule has 0 saturated carbocycles. The molecular weight excluding hydrogens is 396 g/mol. The van der Waals surface area contributed by atoms with Gasteiger partial charge in [-0.2, -0.15) is 0 Å². The van der Waals surface area contributed by atoms with Gasteiger partial charge in [0.15, 0.2) is 0 Å². The van der Waals surface area contributed by atoms with Crippen molar-refractivity contribution in [2.45, 2.75) is 31.0 Å². The second-order valence-corrected chi connectivity index (χ2v) is 6.57. The topological polar surface area (TPSA) is 105 Å². The van der Waals surface area contributed by atoms with Crippen molar-refractivity contribution in [3.8, 4) is 0 Å². The van der Waals surface area contributed by atoms with E-state index in [1.807, 2.05) is 12.1 Å². The molecule has 2 amide bonds. The minimum atomic E-state index is -1.90. The lowest BCUT2D eigenvalue weighted by Gasteiger charge is -2.33. The first-order valence-electron chi connectivity index (χ1n) is 9.05. The average Bonchev–Trinajstić information content (AvgIpc) is 3.01. The van der Waals surface area contributed by atoms with Gasteiger partial charge >= 0.3 is 5.97 Å². The Morgan fingerprint density at radius 3 is 2.14 bits per heavy atom. The molecule has 29 heavy (non-hydrogen) atoms. The van der Waals surface area contributed by atoms with E-state index in [4.69, 9.17) is 4.74 Å². The van der Waals surface area contributed by atoms with Crippen LogP contribution in [0.4, 0.5) is 0 Å². The third-order valence-corrected chi connectivity index (χ3v) is 4.71. The normalized spacial score (nSPS) is 20.3. The highest BCUT2D eigenvalue weighted by molar-refractivity contribution is 6.19. The van der Waals surface area contributed by atoms with Crippen LogP contribution in [0.3, 0.4) is 0 Å². The number of esters is 1. The van der Waals surface area contributed by atoms with Crippen LogP contribution in [0.1, 0.15) is 36.6 Å². The third-order valence-electron chi connectivity index (χ3n) is 4.71. The van der Waals surface area contributed by atoms with Crippen LogP contribution in [-0.2, 0) is 19.1 Å². The third kappa shape index (κ3) is 4.64. The van der Waals surface area contributed by atoms with Crippen LogP contribution in [0.2, 0.25) is 0 Å². The van der Waals surface area contributed by atoms with Crippen molar-refractivity contribution >= 4 is 17.8 Å². The van der Waals surface area contributed by atoms with Gasteiger partial charge in [-0.15, -0.1) is 0 Å². The number of ether oxygens (including phenoxy) is 1.